The van der Waals surface area contributed by atoms with Crippen molar-refractivity contribution in [2.75, 3.05) is 18.4 Å². The third kappa shape index (κ3) is 3.55. The lowest BCUT2D eigenvalue weighted by molar-refractivity contribution is -0.0714. The van der Waals surface area contributed by atoms with Gasteiger partial charge in [-0.3, -0.25) is 5.32 Å². The van der Waals surface area contributed by atoms with Crippen molar-refractivity contribution in [3.05, 3.63) is 0 Å². The number of hydrogen-bond acceptors (Lipinski definition) is 5. The minimum atomic E-state index is -0.176. The molecule has 1 unspecified atom stereocenters. The molecule has 1 aromatic heterocycles. The smallest absolute Gasteiger partial charge is 0.324 e. The van der Waals surface area contributed by atoms with Gasteiger partial charge in [-0.05, 0) is 51.2 Å². The monoisotopic (exact) mass is 308 g/mol. The molecular weight excluding hydrogens is 284 g/mol. The van der Waals surface area contributed by atoms with E-state index in [-0.39, 0.29) is 24.1 Å². The summed E-state index contributed by atoms with van der Waals surface area (Å²) in [7, 11) is 0. The number of nitrogens with one attached hydrogen (secondary N) is 1. The van der Waals surface area contributed by atoms with E-state index in [1.54, 1.807) is 4.90 Å². The second kappa shape index (κ2) is 6.60. The first kappa shape index (κ1) is 15.2. The lowest BCUT2D eigenvalue weighted by Gasteiger charge is -2.36. The summed E-state index contributed by atoms with van der Waals surface area (Å²) in [6, 6.07) is -0.0568. The normalized spacial score (nSPS) is 22.7. The molecule has 2 fully saturated rings. The van der Waals surface area contributed by atoms with Gasteiger partial charge < -0.3 is 9.64 Å². The average molecular weight is 308 g/mol. The molecule has 0 spiro atoms. The van der Waals surface area contributed by atoms with Gasteiger partial charge in [0.15, 0.2) is 0 Å². The van der Waals surface area contributed by atoms with Crippen LogP contribution in [0.1, 0.15) is 52.0 Å². The van der Waals surface area contributed by atoms with E-state index in [1.807, 2.05) is 13.8 Å². The number of hydrogen-bond donors (Lipinski definition) is 1. The molecule has 1 N–H and O–H groups in total. The van der Waals surface area contributed by atoms with Crippen molar-refractivity contribution >= 4 is 12.0 Å². The minimum Gasteiger partial charge on any atom is -0.373 e. The highest BCUT2D eigenvalue weighted by Crippen LogP contribution is 2.26. The molecule has 22 heavy (non-hydrogen) atoms. The molecule has 2 aliphatic rings. The van der Waals surface area contributed by atoms with Gasteiger partial charge >= 0.3 is 6.03 Å². The number of nitrogens with zero attached hydrogens (tertiary/aromatic N) is 5. The molecule has 0 aromatic carbocycles. The van der Waals surface area contributed by atoms with Crippen LogP contribution in [0.25, 0.3) is 0 Å². The van der Waals surface area contributed by atoms with Gasteiger partial charge in [0.1, 0.15) is 0 Å². The second-order valence-corrected chi connectivity index (χ2v) is 6.36. The molecule has 1 aliphatic carbocycles. The largest absolute Gasteiger partial charge is 0.373 e. The van der Waals surface area contributed by atoms with E-state index >= 15 is 0 Å². The van der Waals surface area contributed by atoms with E-state index in [1.165, 1.54) is 11.2 Å². The Hall–Kier alpha value is -1.70. The number of piperidine rings is 1. The van der Waals surface area contributed by atoms with Crippen molar-refractivity contribution in [1.29, 1.82) is 0 Å². The van der Waals surface area contributed by atoms with Crippen LogP contribution in [0.4, 0.5) is 10.7 Å². The Morgan fingerprint density at radius 2 is 2.05 bits per heavy atom. The van der Waals surface area contributed by atoms with E-state index in [0.29, 0.717) is 12.6 Å². The lowest BCUT2D eigenvalue weighted by Crippen LogP contribution is -2.46. The van der Waals surface area contributed by atoms with Crippen molar-refractivity contribution in [2.24, 2.45) is 0 Å². The first-order valence-corrected chi connectivity index (χ1v) is 8.12. The highest BCUT2D eigenvalue weighted by molar-refractivity contribution is 5.87. The molecule has 122 valence electrons. The highest BCUT2D eigenvalue weighted by atomic mass is 16.5. The number of amides is 2. The van der Waals surface area contributed by atoms with Crippen molar-refractivity contribution in [3.8, 4) is 0 Å². The summed E-state index contributed by atoms with van der Waals surface area (Å²) < 4.78 is 6.02. The zero-order valence-electron chi connectivity index (χ0n) is 13.2. The number of carbonyl (C=O) groups is 1. The topological polar surface area (TPSA) is 85.2 Å². The molecule has 1 saturated heterocycles. The van der Waals surface area contributed by atoms with Gasteiger partial charge in [-0.1, -0.05) is 5.10 Å². The number of carbonyl (C=O) groups excluding carboxylic acids is 1. The van der Waals surface area contributed by atoms with Crippen LogP contribution < -0.4 is 5.32 Å². The van der Waals surface area contributed by atoms with E-state index in [0.717, 1.165) is 32.2 Å². The molecule has 3 rings (SSSR count). The summed E-state index contributed by atoms with van der Waals surface area (Å²) in [4.78, 5) is 15.6. The van der Waals surface area contributed by atoms with Gasteiger partial charge in [-0.15, -0.1) is 5.10 Å². The zero-order valence-corrected chi connectivity index (χ0v) is 13.2. The van der Waals surface area contributed by atoms with E-state index in [4.69, 9.17) is 4.74 Å². The van der Waals surface area contributed by atoms with E-state index < -0.39 is 0 Å². The SMILES string of the molecule is CC(C)n1nnc(NC(=O)N2CCCC(OC3CCC3)C2)n1. The molecular formula is C14H24N6O2. The van der Waals surface area contributed by atoms with Crippen molar-refractivity contribution in [1.82, 2.24) is 25.1 Å². The van der Waals surface area contributed by atoms with E-state index in [2.05, 4.69) is 20.7 Å². The second-order valence-electron chi connectivity index (χ2n) is 6.36. The number of ether oxygens (including phenoxy) is 1. The number of rotatable bonds is 4. The van der Waals surface area contributed by atoms with Crippen molar-refractivity contribution < 1.29 is 9.53 Å². The quantitative estimate of drug-likeness (QED) is 0.917. The predicted octanol–water partition coefficient (Wildman–Crippen LogP) is 1.82. The molecule has 1 atom stereocenters. The number of likely N-dealkylation sites (tertiary alicyclic amines) is 1. The van der Waals surface area contributed by atoms with E-state index in [9.17, 15) is 4.79 Å². The molecule has 1 aliphatic heterocycles. The Morgan fingerprint density at radius 3 is 2.68 bits per heavy atom. The molecule has 1 saturated carbocycles. The maximum Gasteiger partial charge on any atom is 0.324 e. The Balaban J connectivity index is 1.51. The third-order valence-corrected chi connectivity index (χ3v) is 4.21. The van der Waals surface area contributed by atoms with Crippen LogP contribution in [-0.4, -0.2) is 56.4 Å². The van der Waals surface area contributed by atoms with Crippen molar-refractivity contribution in [3.63, 3.8) is 0 Å². The Bertz CT molecular complexity index is 513. The fraction of sp³-hybridized carbons (Fsp3) is 0.857. The van der Waals surface area contributed by atoms with Crippen LogP contribution >= 0.6 is 0 Å². The number of tetrazole rings is 1. The molecule has 1 aromatic rings. The maximum absolute atomic E-state index is 12.3. The molecule has 0 bridgehead atoms. The first-order valence-electron chi connectivity index (χ1n) is 8.12. The predicted molar refractivity (Wildman–Crippen MR) is 80.5 cm³/mol. The number of anilines is 1. The molecule has 2 heterocycles. The molecule has 8 heteroatoms. The lowest BCUT2D eigenvalue weighted by atomic mass is 9.95. The van der Waals surface area contributed by atoms with Gasteiger partial charge in [0.2, 0.25) is 0 Å². The Morgan fingerprint density at radius 1 is 1.27 bits per heavy atom. The van der Waals surface area contributed by atoms with Crippen LogP contribution in [0.15, 0.2) is 0 Å². The zero-order chi connectivity index (χ0) is 15.5. The summed E-state index contributed by atoms with van der Waals surface area (Å²) in [6.07, 6.45) is 6.14. The number of aromatic nitrogens is 4. The van der Waals surface area contributed by atoms with Crippen molar-refractivity contribution in [2.45, 2.75) is 64.2 Å². The fourth-order valence-electron chi connectivity index (χ4n) is 2.68. The molecule has 2 amide bonds. The molecule has 8 nitrogen and oxygen atoms in total. The van der Waals surface area contributed by atoms with Gasteiger partial charge in [0.05, 0.1) is 18.2 Å². The summed E-state index contributed by atoms with van der Waals surface area (Å²) in [5.41, 5.74) is 0. The van der Waals surface area contributed by atoms with Crippen LogP contribution in [0.2, 0.25) is 0 Å². The van der Waals surface area contributed by atoms with Gasteiger partial charge in [0, 0.05) is 13.1 Å². The first-order chi connectivity index (χ1) is 10.6. The Labute approximate surface area is 130 Å². The fourth-order valence-corrected chi connectivity index (χ4v) is 2.68. The summed E-state index contributed by atoms with van der Waals surface area (Å²) >= 11 is 0. The maximum atomic E-state index is 12.3. The third-order valence-electron chi connectivity index (χ3n) is 4.21. The highest BCUT2D eigenvalue weighted by Gasteiger charge is 2.28. The van der Waals surface area contributed by atoms with Crippen LogP contribution in [-0.2, 0) is 4.74 Å². The van der Waals surface area contributed by atoms with Gasteiger partial charge in [0.25, 0.3) is 5.95 Å². The molecule has 0 radical (unpaired) electrons. The van der Waals surface area contributed by atoms with Gasteiger partial charge in [-0.25, -0.2) is 4.79 Å². The average Bonchev–Trinajstić information content (AvgIpc) is 2.92. The summed E-state index contributed by atoms with van der Waals surface area (Å²) in [6.45, 7) is 5.30. The standard InChI is InChI=1S/C14H24N6O2/c1-10(2)20-17-13(16-18-20)15-14(21)19-8-4-7-12(9-19)22-11-5-3-6-11/h10-12H,3-9H2,1-2H3,(H,15,17,21). The van der Waals surface area contributed by atoms with Gasteiger partial charge in [-0.2, -0.15) is 4.80 Å². The summed E-state index contributed by atoms with van der Waals surface area (Å²) in [5, 5.41) is 14.6. The van der Waals surface area contributed by atoms with Crippen LogP contribution in [0.5, 0.6) is 0 Å². The van der Waals surface area contributed by atoms with Crippen LogP contribution in [0, 0.1) is 0 Å². The number of urea groups is 1. The van der Waals surface area contributed by atoms with Crippen LogP contribution in [0.3, 0.4) is 0 Å². The minimum absolute atomic E-state index is 0.119. The Kier molecular flexibility index (Phi) is 4.56. The summed E-state index contributed by atoms with van der Waals surface area (Å²) in [5.74, 6) is 0.251.